The van der Waals surface area contributed by atoms with Gasteiger partial charge in [0.05, 0.1) is 0 Å². The highest BCUT2D eigenvalue weighted by molar-refractivity contribution is 5.32. The minimum absolute atomic E-state index is 0.223. The Morgan fingerprint density at radius 2 is 1.00 bits per heavy atom. The molecule has 3 N–H and O–H groups in total. The van der Waals surface area contributed by atoms with Crippen molar-refractivity contribution in [3.63, 3.8) is 0 Å². The van der Waals surface area contributed by atoms with Crippen molar-refractivity contribution in [1.29, 1.82) is 0 Å². The first kappa shape index (κ1) is 10.9. The molecule has 0 amide bonds. The summed E-state index contributed by atoms with van der Waals surface area (Å²) < 4.78 is 0. The van der Waals surface area contributed by atoms with Crippen molar-refractivity contribution in [2.75, 3.05) is 0 Å². The molecule has 0 aromatic heterocycles. The summed E-state index contributed by atoms with van der Waals surface area (Å²) in [5, 5.41) is 0. The Balaban J connectivity index is 2.28. The lowest BCUT2D eigenvalue weighted by molar-refractivity contribution is -0.411. The highest BCUT2D eigenvalue weighted by Crippen LogP contribution is 2.18. The minimum Gasteiger partial charge on any atom is -0.348 e. The molecular formula is C15H18N+. The van der Waals surface area contributed by atoms with Crippen LogP contribution in [0.3, 0.4) is 0 Å². The molecule has 16 heavy (non-hydrogen) atoms. The molecule has 2 aromatic carbocycles. The normalized spacial score (nSPS) is 10.8. The van der Waals surface area contributed by atoms with E-state index in [1.807, 2.05) is 0 Å². The number of hydrogen-bond donors (Lipinski definition) is 1. The van der Waals surface area contributed by atoms with Gasteiger partial charge in [0.15, 0.2) is 0 Å². The van der Waals surface area contributed by atoms with Crippen LogP contribution in [0, 0.1) is 13.8 Å². The SMILES string of the molecule is Cc1ccc(C([NH3+])c2ccc(C)cc2)cc1. The Labute approximate surface area is 96.9 Å². The monoisotopic (exact) mass is 212 g/mol. The molecule has 2 rings (SSSR count). The maximum Gasteiger partial charge on any atom is 0.136 e. The quantitative estimate of drug-likeness (QED) is 0.792. The van der Waals surface area contributed by atoms with Gasteiger partial charge in [-0.25, -0.2) is 0 Å². The highest BCUT2D eigenvalue weighted by Gasteiger charge is 2.11. The van der Waals surface area contributed by atoms with E-state index in [0.717, 1.165) is 0 Å². The maximum atomic E-state index is 4.24. The van der Waals surface area contributed by atoms with E-state index in [1.54, 1.807) is 0 Å². The first-order chi connectivity index (χ1) is 7.66. The van der Waals surface area contributed by atoms with Crippen LogP contribution in [0.5, 0.6) is 0 Å². The largest absolute Gasteiger partial charge is 0.348 e. The molecule has 82 valence electrons. The topological polar surface area (TPSA) is 27.6 Å². The van der Waals surface area contributed by atoms with E-state index in [4.69, 9.17) is 0 Å². The fourth-order valence-corrected chi connectivity index (χ4v) is 1.79. The molecule has 0 radical (unpaired) electrons. The maximum absolute atomic E-state index is 4.24. The van der Waals surface area contributed by atoms with Crippen LogP contribution in [0.4, 0.5) is 0 Å². The highest BCUT2D eigenvalue weighted by atomic mass is 14.6. The van der Waals surface area contributed by atoms with Crippen LogP contribution in [0.2, 0.25) is 0 Å². The molecule has 1 heteroatoms. The predicted molar refractivity (Wildman–Crippen MR) is 67.1 cm³/mol. The number of rotatable bonds is 2. The van der Waals surface area contributed by atoms with Crippen LogP contribution in [0.1, 0.15) is 28.3 Å². The lowest BCUT2D eigenvalue weighted by Gasteiger charge is -2.09. The lowest BCUT2D eigenvalue weighted by Crippen LogP contribution is -2.53. The van der Waals surface area contributed by atoms with Crippen LogP contribution in [0.25, 0.3) is 0 Å². The number of quaternary nitrogens is 1. The van der Waals surface area contributed by atoms with Crippen molar-refractivity contribution in [3.8, 4) is 0 Å². The second-order valence-corrected chi connectivity index (χ2v) is 4.37. The van der Waals surface area contributed by atoms with Gasteiger partial charge in [0.25, 0.3) is 0 Å². The average Bonchev–Trinajstić information content (AvgIpc) is 2.30. The van der Waals surface area contributed by atoms with Crippen molar-refractivity contribution in [2.45, 2.75) is 19.9 Å². The third-order valence-corrected chi connectivity index (χ3v) is 2.96. The van der Waals surface area contributed by atoms with Gasteiger partial charge >= 0.3 is 0 Å². The van der Waals surface area contributed by atoms with E-state index < -0.39 is 0 Å². The third kappa shape index (κ3) is 2.31. The fourth-order valence-electron chi connectivity index (χ4n) is 1.79. The summed E-state index contributed by atoms with van der Waals surface area (Å²) in [4.78, 5) is 0. The molecule has 0 saturated heterocycles. The van der Waals surface area contributed by atoms with Crippen LogP contribution < -0.4 is 5.73 Å². The Bertz CT molecular complexity index is 408. The molecule has 0 aliphatic rings. The van der Waals surface area contributed by atoms with Gasteiger partial charge in [0.1, 0.15) is 6.04 Å². The van der Waals surface area contributed by atoms with E-state index in [-0.39, 0.29) is 6.04 Å². The van der Waals surface area contributed by atoms with Gasteiger partial charge in [0, 0.05) is 11.1 Å². The van der Waals surface area contributed by atoms with E-state index in [0.29, 0.717) is 0 Å². The summed E-state index contributed by atoms with van der Waals surface area (Å²) in [5.74, 6) is 0. The summed E-state index contributed by atoms with van der Waals surface area (Å²) in [6, 6.07) is 17.4. The zero-order valence-electron chi connectivity index (χ0n) is 9.90. The van der Waals surface area contributed by atoms with Crippen molar-refractivity contribution in [2.24, 2.45) is 0 Å². The fraction of sp³-hybridized carbons (Fsp3) is 0.200. The molecule has 1 nitrogen and oxygen atoms in total. The molecule has 2 aromatic rings. The van der Waals surface area contributed by atoms with E-state index >= 15 is 0 Å². The lowest BCUT2D eigenvalue weighted by atomic mass is 9.98. The summed E-state index contributed by atoms with van der Waals surface area (Å²) in [6.45, 7) is 4.21. The summed E-state index contributed by atoms with van der Waals surface area (Å²) in [7, 11) is 0. The van der Waals surface area contributed by atoms with Gasteiger partial charge in [-0.05, 0) is 13.8 Å². The predicted octanol–water partition coefficient (Wildman–Crippen LogP) is 2.63. The van der Waals surface area contributed by atoms with E-state index in [2.05, 4.69) is 68.1 Å². The molecule has 0 atom stereocenters. The van der Waals surface area contributed by atoms with Crippen LogP contribution >= 0.6 is 0 Å². The Hall–Kier alpha value is -1.60. The van der Waals surface area contributed by atoms with Gasteiger partial charge in [-0.3, -0.25) is 0 Å². The molecule has 0 heterocycles. The first-order valence-electron chi connectivity index (χ1n) is 5.63. The van der Waals surface area contributed by atoms with Gasteiger partial charge in [0.2, 0.25) is 0 Å². The Kier molecular flexibility index (Phi) is 3.07. The van der Waals surface area contributed by atoms with Gasteiger partial charge < -0.3 is 5.73 Å². The minimum atomic E-state index is 0.223. The molecular weight excluding hydrogens is 194 g/mol. The second kappa shape index (κ2) is 4.50. The Morgan fingerprint density at radius 1 is 0.688 bits per heavy atom. The second-order valence-electron chi connectivity index (χ2n) is 4.37. The van der Waals surface area contributed by atoms with Gasteiger partial charge in [-0.1, -0.05) is 59.7 Å². The van der Waals surface area contributed by atoms with Crippen molar-refractivity contribution >= 4 is 0 Å². The average molecular weight is 212 g/mol. The molecule has 0 aliphatic heterocycles. The van der Waals surface area contributed by atoms with Crippen LogP contribution in [0.15, 0.2) is 48.5 Å². The summed E-state index contributed by atoms with van der Waals surface area (Å²) in [6.07, 6.45) is 0. The van der Waals surface area contributed by atoms with E-state index in [9.17, 15) is 0 Å². The molecule has 0 spiro atoms. The Morgan fingerprint density at radius 3 is 1.31 bits per heavy atom. The number of hydrogen-bond acceptors (Lipinski definition) is 0. The van der Waals surface area contributed by atoms with E-state index in [1.165, 1.54) is 22.3 Å². The van der Waals surface area contributed by atoms with Crippen LogP contribution in [-0.2, 0) is 0 Å². The zero-order valence-corrected chi connectivity index (χ0v) is 9.90. The number of benzene rings is 2. The summed E-state index contributed by atoms with van der Waals surface area (Å²) in [5.41, 5.74) is 9.37. The smallest absolute Gasteiger partial charge is 0.136 e. The van der Waals surface area contributed by atoms with Crippen molar-refractivity contribution in [3.05, 3.63) is 70.8 Å². The third-order valence-electron chi connectivity index (χ3n) is 2.96. The van der Waals surface area contributed by atoms with Gasteiger partial charge in [-0.2, -0.15) is 0 Å². The van der Waals surface area contributed by atoms with Crippen molar-refractivity contribution in [1.82, 2.24) is 0 Å². The molecule has 0 bridgehead atoms. The van der Waals surface area contributed by atoms with Crippen molar-refractivity contribution < 1.29 is 5.73 Å². The molecule has 0 saturated carbocycles. The zero-order chi connectivity index (χ0) is 11.5. The van der Waals surface area contributed by atoms with Gasteiger partial charge in [-0.15, -0.1) is 0 Å². The summed E-state index contributed by atoms with van der Waals surface area (Å²) >= 11 is 0. The first-order valence-corrected chi connectivity index (χ1v) is 5.63. The molecule has 0 aliphatic carbocycles. The molecule has 0 fully saturated rings. The molecule has 0 unspecified atom stereocenters. The standard InChI is InChI=1S/C15H17N/c1-11-3-7-13(8-4-11)15(16)14-9-5-12(2)6-10-14/h3-10,15H,16H2,1-2H3/p+1. The van der Waals surface area contributed by atoms with Crippen LogP contribution in [-0.4, -0.2) is 0 Å². The number of aryl methyl sites for hydroxylation is 2.